The fourth-order valence-electron chi connectivity index (χ4n) is 4.57. The number of anilines is 1. The molecule has 5 rings (SSSR count). The molecule has 1 unspecified atom stereocenters. The molecule has 0 aliphatic carbocycles. The molecule has 0 bridgehead atoms. The molecule has 186 valence electrons. The molecule has 3 N–H and O–H groups in total. The van der Waals surface area contributed by atoms with Crippen molar-refractivity contribution in [1.29, 1.82) is 0 Å². The fourth-order valence-corrected chi connectivity index (χ4v) is 4.57. The zero-order valence-corrected chi connectivity index (χ0v) is 20.4. The number of hydrogen-bond acceptors (Lipinski definition) is 6. The highest BCUT2D eigenvalue weighted by Crippen LogP contribution is 2.27. The summed E-state index contributed by atoms with van der Waals surface area (Å²) in [6.07, 6.45) is 1.93. The van der Waals surface area contributed by atoms with Crippen molar-refractivity contribution >= 4 is 17.8 Å². The maximum Gasteiger partial charge on any atom is 0.368 e. The number of fused-ring (bicyclic) bond motifs is 1. The Hall–Kier alpha value is -4.55. The minimum atomic E-state index is -0.722. The number of ether oxygens (including phenoxy) is 1. The number of urea groups is 1. The third-order valence-corrected chi connectivity index (χ3v) is 6.27. The van der Waals surface area contributed by atoms with Gasteiger partial charge < -0.3 is 20.7 Å². The monoisotopic (exact) mass is 494 g/mol. The normalized spacial score (nSPS) is 16.2. The lowest BCUT2D eigenvalue weighted by Gasteiger charge is -2.34. The van der Waals surface area contributed by atoms with E-state index in [1.54, 1.807) is 24.3 Å². The Morgan fingerprint density at radius 1 is 1.11 bits per heavy atom. The zero-order chi connectivity index (χ0) is 25.8. The first kappa shape index (κ1) is 24.2. The number of nitrogens with one attached hydrogen (secondary N) is 1. The summed E-state index contributed by atoms with van der Waals surface area (Å²) >= 11 is 0. The van der Waals surface area contributed by atoms with Crippen molar-refractivity contribution in [3.05, 3.63) is 70.9 Å². The van der Waals surface area contributed by atoms with E-state index in [4.69, 9.17) is 15.5 Å². The molecular formula is C28H26N6O3. The van der Waals surface area contributed by atoms with Crippen LogP contribution in [0.3, 0.4) is 0 Å². The van der Waals surface area contributed by atoms with Gasteiger partial charge in [0.05, 0.1) is 17.8 Å². The van der Waals surface area contributed by atoms with Crippen LogP contribution in [0.4, 0.5) is 10.6 Å². The van der Waals surface area contributed by atoms with Gasteiger partial charge in [0.25, 0.3) is 5.91 Å². The third-order valence-electron chi connectivity index (χ3n) is 6.27. The number of piperidine rings is 1. The van der Waals surface area contributed by atoms with Crippen LogP contribution >= 0.6 is 0 Å². The second kappa shape index (κ2) is 10.6. The van der Waals surface area contributed by atoms with Crippen molar-refractivity contribution in [3.8, 4) is 34.6 Å². The summed E-state index contributed by atoms with van der Waals surface area (Å²) in [5.74, 6) is 7.06. The number of para-hydroxylation sites is 1. The van der Waals surface area contributed by atoms with Gasteiger partial charge in [-0.3, -0.25) is 4.79 Å². The van der Waals surface area contributed by atoms with Gasteiger partial charge in [-0.15, -0.1) is 5.92 Å². The Balaban J connectivity index is 1.54. The number of nitrogens with zero attached hydrogens (tertiary/aromatic N) is 4. The van der Waals surface area contributed by atoms with E-state index >= 15 is 0 Å². The van der Waals surface area contributed by atoms with E-state index in [-0.39, 0.29) is 17.0 Å². The van der Waals surface area contributed by atoms with Crippen LogP contribution in [-0.4, -0.2) is 42.6 Å². The first-order valence-corrected chi connectivity index (χ1v) is 12.1. The van der Waals surface area contributed by atoms with Crippen LogP contribution < -0.4 is 31.4 Å². The number of rotatable bonds is 7. The number of benzene rings is 2. The topological polar surface area (TPSA) is 122 Å². The molecule has 0 spiro atoms. The number of amides is 3. The highest BCUT2D eigenvalue weighted by atomic mass is 16.5. The van der Waals surface area contributed by atoms with Crippen molar-refractivity contribution in [1.82, 2.24) is 10.3 Å². The van der Waals surface area contributed by atoms with Gasteiger partial charge >= 0.3 is 6.03 Å². The minimum absolute atomic E-state index is 0.0787. The van der Waals surface area contributed by atoms with Crippen LogP contribution in [0.5, 0.6) is 11.5 Å². The zero-order valence-electron chi connectivity index (χ0n) is 20.4. The fraction of sp³-hybridized carbons (Fsp3) is 0.250. The average Bonchev–Trinajstić information content (AvgIpc) is 3.30. The second-order valence-corrected chi connectivity index (χ2v) is 8.76. The van der Waals surface area contributed by atoms with Crippen LogP contribution in [0.25, 0.3) is 11.3 Å². The molecular weight excluding hydrogens is 468 g/mol. The lowest BCUT2D eigenvalue weighted by atomic mass is 10.0. The molecule has 1 aromatic heterocycles. The highest BCUT2D eigenvalue weighted by molar-refractivity contribution is 5.99. The Labute approximate surface area is 214 Å². The van der Waals surface area contributed by atoms with Crippen molar-refractivity contribution in [2.45, 2.75) is 25.8 Å². The number of aromatic nitrogens is 1. The van der Waals surface area contributed by atoms with E-state index in [1.807, 2.05) is 37.3 Å². The Morgan fingerprint density at radius 2 is 1.84 bits per heavy atom. The van der Waals surface area contributed by atoms with E-state index in [0.717, 1.165) is 19.4 Å². The number of carbonyl (C=O) groups excluding carboxylic acids is 2. The van der Waals surface area contributed by atoms with E-state index in [1.165, 1.54) is 0 Å². The Kier molecular flexibility index (Phi) is 6.92. The summed E-state index contributed by atoms with van der Waals surface area (Å²) in [5, 5.41) is 3.92. The molecule has 3 heterocycles. The van der Waals surface area contributed by atoms with Crippen molar-refractivity contribution < 1.29 is 14.3 Å². The predicted octanol–water partition coefficient (Wildman–Crippen LogP) is 2.59. The Morgan fingerprint density at radius 3 is 2.57 bits per heavy atom. The largest absolute Gasteiger partial charge is 0.457 e. The van der Waals surface area contributed by atoms with Gasteiger partial charge in [0.1, 0.15) is 22.2 Å². The van der Waals surface area contributed by atoms with E-state index < -0.39 is 11.9 Å². The number of pyridine rings is 1. The lowest BCUT2D eigenvalue weighted by molar-refractivity contribution is 0.0999. The second-order valence-electron chi connectivity index (χ2n) is 8.76. The smallest absolute Gasteiger partial charge is 0.368 e. The quantitative estimate of drug-likeness (QED) is 0.487. The molecule has 9 nitrogen and oxygen atoms in total. The molecule has 9 heteroatoms. The van der Waals surface area contributed by atoms with Gasteiger partial charge in [-0.1, -0.05) is 24.1 Å². The molecule has 1 fully saturated rings. The molecule has 3 aromatic rings. The number of primary amides is 1. The molecule has 37 heavy (non-hydrogen) atoms. The van der Waals surface area contributed by atoms with Gasteiger partial charge in [0.15, 0.2) is 5.82 Å². The molecule has 0 radical (unpaired) electrons. The van der Waals surface area contributed by atoms with Gasteiger partial charge in [-0.25, -0.2) is 9.78 Å². The standard InChI is InChI=1S/C28H26N6O3/c1-2-3-15-30-19-8-7-16-34(17-19)27-25-24(32-28(36)33-25)22(26(29)35)23(31-27)18-11-13-21(14-12-18)37-20-9-5-4-6-10-20/h4-6,9-14,19,30H,7-8,15-17H2,1H3,(H2,29,35). The van der Waals surface area contributed by atoms with Crippen molar-refractivity contribution in [3.63, 3.8) is 0 Å². The van der Waals surface area contributed by atoms with E-state index in [9.17, 15) is 9.59 Å². The van der Waals surface area contributed by atoms with Crippen molar-refractivity contribution in [2.24, 2.45) is 15.7 Å². The van der Waals surface area contributed by atoms with Gasteiger partial charge in [0, 0.05) is 24.7 Å². The predicted molar refractivity (Wildman–Crippen MR) is 139 cm³/mol. The molecule has 3 amide bonds. The molecule has 2 aromatic carbocycles. The summed E-state index contributed by atoms with van der Waals surface area (Å²) in [6.45, 7) is 3.81. The van der Waals surface area contributed by atoms with E-state index in [0.29, 0.717) is 47.0 Å². The van der Waals surface area contributed by atoms with Gasteiger partial charge in [-0.05, 0) is 56.2 Å². The number of hydrogen-bond donors (Lipinski definition) is 2. The van der Waals surface area contributed by atoms with Crippen molar-refractivity contribution in [2.75, 3.05) is 24.5 Å². The van der Waals surface area contributed by atoms with Crippen LogP contribution in [0.15, 0.2) is 64.6 Å². The summed E-state index contributed by atoms with van der Waals surface area (Å²) in [4.78, 5) is 39.9. The lowest BCUT2D eigenvalue weighted by Crippen LogP contribution is -2.49. The highest BCUT2D eigenvalue weighted by Gasteiger charge is 2.28. The summed E-state index contributed by atoms with van der Waals surface area (Å²) in [7, 11) is 0. The Bertz CT molecular complexity index is 1520. The van der Waals surface area contributed by atoms with Crippen LogP contribution in [-0.2, 0) is 0 Å². The van der Waals surface area contributed by atoms with Gasteiger partial charge in [-0.2, -0.15) is 9.98 Å². The molecule has 2 aliphatic heterocycles. The molecule has 0 saturated carbocycles. The first-order valence-electron chi connectivity index (χ1n) is 12.1. The minimum Gasteiger partial charge on any atom is -0.457 e. The molecule has 2 aliphatic rings. The maximum absolute atomic E-state index is 12.6. The van der Waals surface area contributed by atoms with E-state index in [2.05, 4.69) is 32.0 Å². The number of nitrogens with two attached hydrogens (primary N) is 1. The molecule has 1 atom stereocenters. The third kappa shape index (κ3) is 5.20. The first-order chi connectivity index (χ1) is 18.0. The van der Waals surface area contributed by atoms with Crippen LogP contribution in [0, 0.1) is 11.8 Å². The molecule has 1 saturated heterocycles. The average molecular weight is 495 g/mol. The van der Waals surface area contributed by atoms with Crippen LogP contribution in [0.1, 0.15) is 30.1 Å². The maximum atomic E-state index is 12.6. The van der Waals surface area contributed by atoms with Crippen LogP contribution in [0.2, 0.25) is 0 Å². The summed E-state index contributed by atoms with van der Waals surface area (Å²) < 4.78 is 5.89. The summed E-state index contributed by atoms with van der Waals surface area (Å²) in [6, 6.07) is 16.2. The SMILES string of the molecule is CC#CCNC1CCCN(c2nc(-c3ccc(Oc4ccccc4)cc3)c(C(N)=O)c3c2=NC(=O)N=3)C1. The summed E-state index contributed by atoms with van der Waals surface area (Å²) in [5.41, 5.74) is 6.85. The number of carbonyl (C=O) groups is 2. The van der Waals surface area contributed by atoms with Gasteiger partial charge in [0.2, 0.25) is 0 Å².